The predicted octanol–water partition coefficient (Wildman–Crippen LogP) is 1.60. The third-order valence-electron chi connectivity index (χ3n) is 4.12. The second-order valence-corrected chi connectivity index (χ2v) is 6.88. The first-order valence-corrected chi connectivity index (χ1v) is 9.17. The van der Waals surface area contributed by atoms with Crippen LogP contribution < -0.4 is 5.73 Å². The van der Waals surface area contributed by atoms with Gasteiger partial charge in [-0.1, -0.05) is 12.1 Å². The Bertz CT molecular complexity index is 865. The lowest BCUT2D eigenvalue weighted by atomic mass is 10.1. The summed E-state index contributed by atoms with van der Waals surface area (Å²) in [6, 6.07) is 8.42. The number of aromatic carboxylic acids is 1. The Labute approximate surface area is 159 Å². The Hall–Kier alpha value is -2.78. The van der Waals surface area contributed by atoms with Crippen molar-refractivity contribution in [3.8, 4) is 0 Å². The molecule has 3 N–H and O–H groups in total. The van der Waals surface area contributed by atoms with Crippen molar-refractivity contribution in [3.05, 3.63) is 53.5 Å². The molecule has 1 fully saturated rings. The molecule has 1 atom stereocenters. The van der Waals surface area contributed by atoms with Crippen molar-refractivity contribution in [3.63, 3.8) is 0 Å². The zero-order valence-corrected chi connectivity index (χ0v) is 15.1. The number of nitrogens with two attached hydrogens (primary N) is 1. The van der Waals surface area contributed by atoms with Crippen LogP contribution in [-0.4, -0.2) is 53.6 Å². The minimum absolute atomic E-state index is 0.101. The number of primary amides is 1. The Morgan fingerprint density at radius 3 is 2.74 bits per heavy atom. The highest BCUT2D eigenvalue weighted by Gasteiger charge is 2.29. The molecule has 27 heavy (non-hydrogen) atoms. The number of furan rings is 1. The largest absolute Gasteiger partial charge is 0.478 e. The summed E-state index contributed by atoms with van der Waals surface area (Å²) < 4.78 is 10.5. The first kappa shape index (κ1) is 19.0. The average Bonchev–Trinajstić information content (AvgIpc) is 3.15. The SMILES string of the molecule is NC(=O)C1CN(C(=O)c2ccccc2SCc2occc2C(=O)O)CCO1. The molecule has 0 saturated carbocycles. The third-order valence-corrected chi connectivity index (χ3v) is 5.20. The van der Waals surface area contributed by atoms with Crippen molar-refractivity contribution in [2.75, 3.05) is 19.7 Å². The van der Waals surface area contributed by atoms with Crippen molar-refractivity contribution >= 4 is 29.5 Å². The number of carbonyl (C=O) groups is 3. The van der Waals surface area contributed by atoms with Gasteiger partial charge in [0, 0.05) is 11.4 Å². The van der Waals surface area contributed by atoms with E-state index in [9.17, 15) is 14.4 Å². The Morgan fingerprint density at radius 2 is 2.00 bits per heavy atom. The topological polar surface area (TPSA) is 123 Å². The van der Waals surface area contributed by atoms with Crippen LogP contribution in [0, 0.1) is 0 Å². The van der Waals surface area contributed by atoms with Gasteiger partial charge in [0.1, 0.15) is 11.3 Å². The van der Waals surface area contributed by atoms with Crippen molar-refractivity contribution in [2.45, 2.75) is 16.8 Å². The normalized spacial score (nSPS) is 16.9. The molecule has 2 amide bonds. The standard InChI is InChI=1S/C18H18N2O6S/c19-16(21)13-9-20(6-8-26-13)17(22)12-3-1-2-4-15(12)27-10-14-11(18(23)24)5-7-25-14/h1-5,7,13H,6,8-10H2,(H2,19,21)(H,23,24). The fourth-order valence-electron chi connectivity index (χ4n) is 2.73. The summed E-state index contributed by atoms with van der Waals surface area (Å²) >= 11 is 1.31. The molecule has 2 heterocycles. The number of morpholine rings is 1. The number of carbonyl (C=O) groups excluding carboxylic acids is 2. The molecule has 0 aliphatic carbocycles. The van der Waals surface area contributed by atoms with Crippen molar-refractivity contribution in [1.82, 2.24) is 4.90 Å². The fourth-order valence-corrected chi connectivity index (χ4v) is 3.73. The molecule has 0 bridgehead atoms. The lowest BCUT2D eigenvalue weighted by Crippen LogP contribution is -2.50. The first-order valence-electron chi connectivity index (χ1n) is 8.19. The van der Waals surface area contributed by atoms with Gasteiger partial charge in [-0.3, -0.25) is 9.59 Å². The maximum atomic E-state index is 12.9. The van der Waals surface area contributed by atoms with E-state index in [0.29, 0.717) is 22.8 Å². The summed E-state index contributed by atoms with van der Waals surface area (Å²) in [6.45, 7) is 0.709. The smallest absolute Gasteiger partial charge is 0.339 e. The van der Waals surface area contributed by atoms with Crippen LogP contribution in [0.2, 0.25) is 0 Å². The Kier molecular flexibility index (Phi) is 5.82. The number of hydrogen-bond acceptors (Lipinski definition) is 6. The third kappa shape index (κ3) is 4.32. The van der Waals surface area contributed by atoms with E-state index in [1.54, 1.807) is 24.3 Å². The van der Waals surface area contributed by atoms with Crippen molar-refractivity contribution < 1.29 is 28.6 Å². The summed E-state index contributed by atoms with van der Waals surface area (Å²) in [5.41, 5.74) is 5.84. The van der Waals surface area contributed by atoms with Gasteiger partial charge in [0.05, 0.1) is 30.7 Å². The number of hydrogen-bond donors (Lipinski definition) is 2. The molecule has 1 aliphatic heterocycles. The molecule has 8 nitrogen and oxygen atoms in total. The van der Waals surface area contributed by atoms with E-state index in [4.69, 9.17) is 20.0 Å². The highest BCUT2D eigenvalue weighted by molar-refractivity contribution is 7.98. The summed E-state index contributed by atoms with van der Waals surface area (Å²) in [6.07, 6.45) is 0.512. The zero-order chi connectivity index (χ0) is 19.4. The molecule has 142 valence electrons. The van der Waals surface area contributed by atoms with Crippen LogP contribution >= 0.6 is 11.8 Å². The predicted molar refractivity (Wildman–Crippen MR) is 96.5 cm³/mol. The van der Waals surface area contributed by atoms with Gasteiger partial charge < -0.3 is 24.9 Å². The lowest BCUT2D eigenvalue weighted by molar-refractivity contribution is -0.133. The van der Waals surface area contributed by atoms with Crippen LogP contribution in [0.15, 0.2) is 45.9 Å². The van der Waals surface area contributed by atoms with Gasteiger partial charge in [-0.15, -0.1) is 11.8 Å². The number of amides is 2. The molecule has 1 aliphatic rings. The van der Waals surface area contributed by atoms with Gasteiger partial charge in [0.15, 0.2) is 6.10 Å². The summed E-state index contributed by atoms with van der Waals surface area (Å²) in [7, 11) is 0. The number of nitrogens with zero attached hydrogens (tertiary/aromatic N) is 1. The number of benzene rings is 1. The summed E-state index contributed by atoms with van der Waals surface area (Å²) in [4.78, 5) is 37.7. The molecule has 0 radical (unpaired) electrons. The minimum atomic E-state index is -1.06. The monoisotopic (exact) mass is 390 g/mol. The number of thioether (sulfide) groups is 1. The van der Waals surface area contributed by atoms with Gasteiger partial charge in [0.25, 0.3) is 5.91 Å². The van der Waals surface area contributed by atoms with E-state index in [-0.39, 0.29) is 30.4 Å². The van der Waals surface area contributed by atoms with E-state index >= 15 is 0 Å². The quantitative estimate of drug-likeness (QED) is 0.718. The lowest BCUT2D eigenvalue weighted by Gasteiger charge is -2.31. The van der Waals surface area contributed by atoms with Crippen LogP contribution in [0.1, 0.15) is 26.5 Å². The van der Waals surface area contributed by atoms with E-state index in [1.165, 1.54) is 29.0 Å². The van der Waals surface area contributed by atoms with Gasteiger partial charge in [-0.2, -0.15) is 0 Å². The summed E-state index contributed by atoms with van der Waals surface area (Å²) in [5, 5.41) is 9.15. The van der Waals surface area contributed by atoms with E-state index in [0.717, 1.165) is 0 Å². The maximum absolute atomic E-state index is 12.9. The molecule has 1 aromatic heterocycles. The molecule has 3 rings (SSSR count). The minimum Gasteiger partial charge on any atom is -0.478 e. The van der Waals surface area contributed by atoms with Gasteiger partial charge in [-0.05, 0) is 18.2 Å². The number of carboxylic acids is 1. The summed E-state index contributed by atoms with van der Waals surface area (Å²) in [5.74, 6) is -1.30. The van der Waals surface area contributed by atoms with Crippen LogP contribution in [0.25, 0.3) is 0 Å². The molecule has 1 saturated heterocycles. The average molecular weight is 390 g/mol. The van der Waals surface area contributed by atoms with E-state index in [2.05, 4.69) is 0 Å². The molecule has 0 spiro atoms. The van der Waals surface area contributed by atoms with Gasteiger partial charge in [0.2, 0.25) is 5.91 Å². The number of rotatable bonds is 6. The number of ether oxygens (including phenoxy) is 1. The molecular formula is C18H18N2O6S. The second kappa shape index (κ2) is 8.28. The Balaban J connectivity index is 1.75. The molecule has 9 heteroatoms. The highest BCUT2D eigenvalue weighted by Crippen LogP contribution is 2.29. The first-order chi connectivity index (χ1) is 13.0. The maximum Gasteiger partial charge on any atom is 0.339 e. The molecule has 1 aromatic carbocycles. The van der Waals surface area contributed by atoms with Crippen LogP contribution in [-0.2, 0) is 15.3 Å². The van der Waals surface area contributed by atoms with Crippen LogP contribution in [0.4, 0.5) is 0 Å². The molecule has 1 unspecified atom stereocenters. The highest BCUT2D eigenvalue weighted by atomic mass is 32.2. The van der Waals surface area contributed by atoms with Gasteiger partial charge >= 0.3 is 5.97 Å². The zero-order valence-electron chi connectivity index (χ0n) is 14.3. The van der Waals surface area contributed by atoms with Crippen molar-refractivity contribution in [2.24, 2.45) is 5.73 Å². The Morgan fingerprint density at radius 1 is 1.22 bits per heavy atom. The van der Waals surface area contributed by atoms with Crippen LogP contribution in [0.3, 0.4) is 0 Å². The van der Waals surface area contributed by atoms with E-state index in [1.807, 2.05) is 0 Å². The molecule has 2 aromatic rings. The number of carboxylic acid groups (broad SMARTS) is 1. The van der Waals surface area contributed by atoms with Gasteiger partial charge in [-0.25, -0.2) is 4.79 Å². The molecular weight excluding hydrogens is 372 g/mol. The van der Waals surface area contributed by atoms with Crippen molar-refractivity contribution in [1.29, 1.82) is 0 Å². The van der Waals surface area contributed by atoms with Crippen LogP contribution in [0.5, 0.6) is 0 Å². The second-order valence-electron chi connectivity index (χ2n) is 5.86. The van der Waals surface area contributed by atoms with E-state index < -0.39 is 18.0 Å². The fraction of sp³-hybridized carbons (Fsp3) is 0.278.